The van der Waals surface area contributed by atoms with E-state index in [1.54, 1.807) is 6.20 Å². The highest BCUT2D eigenvalue weighted by molar-refractivity contribution is 5.79. The van der Waals surface area contributed by atoms with Gasteiger partial charge in [-0.2, -0.15) is 0 Å². The molecule has 2 aromatic heterocycles. The standard InChI is InChI=1S/C20H20N4O/c1-15-5-2-3-6-16(15)11-20(25)23-9-10-24-18(13-22-19(24)14-23)17-7-4-8-21-12-17/h2-8,12-13H,9-11,14H2,1H3. The van der Waals surface area contributed by atoms with Crippen molar-refractivity contribution < 1.29 is 4.79 Å². The largest absolute Gasteiger partial charge is 0.333 e. The van der Waals surface area contributed by atoms with Crippen molar-refractivity contribution >= 4 is 5.91 Å². The van der Waals surface area contributed by atoms with Crippen molar-refractivity contribution in [1.82, 2.24) is 19.4 Å². The van der Waals surface area contributed by atoms with E-state index in [1.165, 1.54) is 0 Å². The molecular formula is C20H20N4O. The number of benzene rings is 1. The first-order chi connectivity index (χ1) is 12.2. The SMILES string of the molecule is Cc1ccccc1CC(=O)N1CCn2c(-c3cccnc3)cnc2C1. The first-order valence-corrected chi connectivity index (χ1v) is 8.49. The molecule has 1 amide bonds. The van der Waals surface area contributed by atoms with Crippen molar-refractivity contribution in [3.8, 4) is 11.3 Å². The molecule has 5 nitrogen and oxygen atoms in total. The molecule has 0 unspecified atom stereocenters. The Morgan fingerprint density at radius 1 is 1.12 bits per heavy atom. The lowest BCUT2D eigenvalue weighted by Crippen LogP contribution is -2.39. The molecule has 4 rings (SSSR count). The van der Waals surface area contributed by atoms with Crippen LogP contribution in [-0.4, -0.2) is 31.9 Å². The van der Waals surface area contributed by atoms with E-state index >= 15 is 0 Å². The molecule has 0 saturated carbocycles. The summed E-state index contributed by atoms with van der Waals surface area (Å²) in [5.74, 6) is 1.09. The third-order valence-electron chi connectivity index (χ3n) is 4.78. The van der Waals surface area contributed by atoms with Crippen LogP contribution < -0.4 is 0 Å². The molecule has 126 valence electrons. The third-order valence-corrected chi connectivity index (χ3v) is 4.78. The zero-order valence-corrected chi connectivity index (χ0v) is 14.2. The van der Waals surface area contributed by atoms with Gasteiger partial charge in [0.25, 0.3) is 0 Å². The highest BCUT2D eigenvalue weighted by Gasteiger charge is 2.24. The van der Waals surface area contributed by atoms with E-state index in [0.717, 1.165) is 34.8 Å². The number of aryl methyl sites for hydroxylation is 1. The normalized spacial score (nSPS) is 13.6. The Kier molecular flexibility index (Phi) is 4.06. The fourth-order valence-corrected chi connectivity index (χ4v) is 3.30. The summed E-state index contributed by atoms with van der Waals surface area (Å²) in [6, 6.07) is 12.0. The number of pyridine rings is 1. The lowest BCUT2D eigenvalue weighted by molar-refractivity contribution is -0.132. The minimum absolute atomic E-state index is 0.159. The van der Waals surface area contributed by atoms with Gasteiger partial charge in [0.15, 0.2) is 0 Å². The monoisotopic (exact) mass is 332 g/mol. The van der Waals surface area contributed by atoms with E-state index in [2.05, 4.69) is 14.5 Å². The van der Waals surface area contributed by atoms with E-state index < -0.39 is 0 Å². The van der Waals surface area contributed by atoms with Gasteiger partial charge in [0.05, 0.1) is 24.9 Å². The zero-order chi connectivity index (χ0) is 17.2. The summed E-state index contributed by atoms with van der Waals surface area (Å²) in [4.78, 5) is 23.3. The molecule has 3 aromatic rings. The molecule has 5 heteroatoms. The fourth-order valence-electron chi connectivity index (χ4n) is 3.30. The fraction of sp³-hybridized carbons (Fsp3) is 0.250. The van der Waals surface area contributed by atoms with Gasteiger partial charge in [-0.25, -0.2) is 4.98 Å². The van der Waals surface area contributed by atoms with E-state index in [9.17, 15) is 4.79 Å². The van der Waals surface area contributed by atoms with Crippen LogP contribution >= 0.6 is 0 Å². The smallest absolute Gasteiger partial charge is 0.227 e. The van der Waals surface area contributed by atoms with E-state index in [1.807, 2.05) is 60.6 Å². The van der Waals surface area contributed by atoms with E-state index in [-0.39, 0.29) is 5.91 Å². The van der Waals surface area contributed by atoms with Crippen LogP contribution in [0, 0.1) is 6.92 Å². The van der Waals surface area contributed by atoms with Gasteiger partial charge < -0.3 is 9.47 Å². The minimum Gasteiger partial charge on any atom is -0.333 e. The van der Waals surface area contributed by atoms with E-state index in [0.29, 0.717) is 19.5 Å². The number of carbonyl (C=O) groups excluding carboxylic acids is 1. The van der Waals surface area contributed by atoms with Gasteiger partial charge in [-0.1, -0.05) is 24.3 Å². The number of carbonyl (C=O) groups is 1. The zero-order valence-electron chi connectivity index (χ0n) is 14.2. The van der Waals surface area contributed by atoms with Gasteiger partial charge in [-0.05, 0) is 30.2 Å². The van der Waals surface area contributed by atoms with Crippen molar-refractivity contribution in [2.75, 3.05) is 6.54 Å². The van der Waals surface area contributed by atoms with Crippen LogP contribution in [0.4, 0.5) is 0 Å². The molecule has 0 saturated heterocycles. The van der Waals surface area contributed by atoms with Crippen LogP contribution in [0.5, 0.6) is 0 Å². The van der Waals surface area contributed by atoms with Crippen LogP contribution in [0.3, 0.4) is 0 Å². The van der Waals surface area contributed by atoms with Gasteiger partial charge in [-0.15, -0.1) is 0 Å². The van der Waals surface area contributed by atoms with Crippen molar-refractivity contribution in [2.24, 2.45) is 0 Å². The van der Waals surface area contributed by atoms with Gasteiger partial charge in [0.1, 0.15) is 5.82 Å². The van der Waals surface area contributed by atoms with Gasteiger partial charge in [0.2, 0.25) is 5.91 Å². The molecule has 0 radical (unpaired) electrons. The maximum atomic E-state index is 12.7. The quantitative estimate of drug-likeness (QED) is 0.741. The topological polar surface area (TPSA) is 51.0 Å². The molecular weight excluding hydrogens is 312 g/mol. The minimum atomic E-state index is 0.159. The Morgan fingerprint density at radius 2 is 2.00 bits per heavy atom. The second-order valence-corrected chi connectivity index (χ2v) is 6.37. The molecule has 0 aliphatic carbocycles. The van der Waals surface area contributed by atoms with Gasteiger partial charge in [0, 0.05) is 31.0 Å². The molecule has 0 atom stereocenters. The molecule has 0 N–H and O–H groups in total. The number of imidazole rings is 1. The average Bonchev–Trinajstić information content (AvgIpc) is 3.07. The Labute approximate surface area is 147 Å². The van der Waals surface area contributed by atoms with Crippen molar-refractivity contribution in [1.29, 1.82) is 0 Å². The van der Waals surface area contributed by atoms with Gasteiger partial charge in [-0.3, -0.25) is 9.78 Å². The summed E-state index contributed by atoms with van der Waals surface area (Å²) < 4.78 is 2.19. The predicted molar refractivity (Wildman–Crippen MR) is 95.8 cm³/mol. The van der Waals surface area contributed by atoms with E-state index in [4.69, 9.17) is 0 Å². The summed E-state index contributed by atoms with van der Waals surface area (Å²) in [6.45, 7) is 4.08. The number of fused-ring (bicyclic) bond motifs is 1. The second-order valence-electron chi connectivity index (χ2n) is 6.37. The Hall–Kier alpha value is -2.95. The summed E-state index contributed by atoms with van der Waals surface area (Å²) in [7, 11) is 0. The third kappa shape index (κ3) is 3.05. The lowest BCUT2D eigenvalue weighted by atomic mass is 10.1. The first-order valence-electron chi connectivity index (χ1n) is 8.49. The summed E-state index contributed by atoms with van der Waals surface area (Å²) in [5, 5.41) is 0. The van der Waals surface area contributed by atoms with Crippen LogP contribution in [-0.2, 0) is 24.3 Å². The molecule has 0 spiro atoms. The second kappa shape index (κ2) is 6.51. The molecule has 25 heavy (non-hydrogen) atoms. The number of nitrogens with zero attached hydrogens (tertiary/aromatic N) is 4. The lowest BCUT2D eigenvalue weighted by Gasteiger charge is -2.29. The Morgan fingerprint density at radius 3 is 2.80 bits per heavy atom. The highest BCUT2D eigenvalue weighted by Crippen LogP contribution is 2.23. The summed E-state index contributed by atoms with van der Waals surface area (Å²) in [5.41, 5.74) is 4.38. The number of amides is 1. The number of hydrogen-bond acceptors (Lipinski definition) is 3. The maximum Gasteiger partial charge on any atom is 0.227 e. The molecule has 0 bridgehead atoms. The van der Waals surface area contributed by atoms with Crippen molar-refractivity contribution in [3.05, 3.63) is 71.9 Å². The van der Waals surface area contributed by atoms with Crippen molar-refractivity contribution in [3.63, 3.8) is 0 Å². The summed E-state index contributed by atoms with van der Waals surface area (Å²) in [6.07, 6.45) is 5.94. The molecule has 1 aliphatic heterocycles. The molecule has 1 aliphatic rings. The predicted octanol–water partition coefficient (Wildman–Crippen LogP) is 2.84. The molecule has 0 fully saturated rings. The summed E-state index contributed by atoms with van der Waals surface area (Å²) >= 11 is 0. The van der Waals surface area contributed by atoms with Crippen LogP contribution in [0.25, 0.3) is 11.3 Å². The number of aromatic nitrogens is 3. The van der Waals surface area contributed by atoms with Crippen LogP contribution in [0.2, 0.25) is 0 Å². The maximum absolute atomic E-state index is 12.7. The average molecular weight is 332 g/mol. The highest BCUT2D eigenvalue weighted by atomic mass is 16.2. The van der Waals surface area contributed by atoms with Crippen molar-refractivity contribution in [2.45, 2.75) is 26.4 Å². The number of hydrogen-bond donors (Lipinski definition) is 0. The van der Waals surface area contributed by atoms with Crippen LogP contribution in [0.15, 0.2) is 55.0 Å². The Balaban J connectivity index is 1.51. The van der Waals surface area contributed by atoms with Gasteiger partial charge >= 0.3 is 0 Å². The number of rotatable bonds is 3. The van der Waals surface area contributed by atoms with Crippen LogP contribution in [0.1, 0.15) is 17.0 Å². The first kappa shape index (κ1) is 15.6. The molecule has 1 aromatic carbocycles. The Bertz CT molecular complexity index is 901. The molecule has 3 heterocycles.